The molecule has 0 aliphatic carbocycles. The third-order valence-electron chi connectivity index (χ3n) is 4.74. The molecule has 3 rings (SSSR count). The number of hydrogen-bond donors (Lipinski definition) is 2. The lowest BCUT2D eigenvalue weighted by Crippen LogP contribution is -2.33. The van der Waals surface area contributed by atoms with Crippen molar-refractivity contribution < 1.29 is 24.2 Å². The Bertz CT molecular complexity index is 937. The number of carbonyl (C=O) groups excluding carboxylic acids is 3. The highest BCUT2D eigenvalue weighted by molar-refractivity contribution is 6.22. The van der Waals surface area contributed by atoms with Crippen LogP contribution in [0.4, 0.5) is 0 Å². The van der Waals surface area contributed by atoms with Crippen LogP contribution in [0, 0.1) is 5.92 Å². The Labute approximate surface area is 169 Å². The zero-order valence-electron chi connectivity index (χ0n) is 16.6. The van der Waals surface area contributed by atoms with E-state index in [0.29, 0.717) is 23.4 Å². The van der Waals surface area contributed by atoms with Crippen LogP contribution in [0.15, 0.2) is 42.5 Å². The molecule has 0 saturated carbocycles. The average molecular weight is 396 g/mol. The second-order valence-corrected chi connectivity index (χ2v) is 7.37. The molecule has 2 aromatic carbocycles. The predicted molar refractivity (Wildman–Crippen MR) is 107 cm³/mol. The Morgan fingerprint density at radius 3 is 2.34 bits per heavy atom. The second-order valence-electron chi connectivity index (χ2n) is 7.37. The van der Waals surface area contributed by atoms with Gasteiger partial charge in [-0.3, -0.25) is 19.3 Å². The maximum absolute atomic E-state index is 12.5. The predicted octanol–water partition coefficient (Wildman–Crippen LogP) is 2.41. The molecule has 0 fully saturated rings. The Kier molecular flexibility index (Phi) is 5.98. The van der Waals surface area contributed by atoms with E-state index in [4.69, 9.17) is 4.74 Å². The van der Waals surface area contributed by atoms with Gasteiger partial charge in [-0.2, -0.15) is 0 Å². The number of methoxy groups -OCH3 is 1. The van der Waals surface area contributed by atoms with E-state index in [1.165, 1.54) is 23.1 Å². The van der Waals surface area contributed by atoms with Crippen LogP contribution in [0.2, 0.25) is 0 Å². The molecular formula is C22H24N2O5. The van der Waals surface area contributed by atoms with Gasteiger partial charge in [0.15, 0.2) is 0 Å². The van der Waals surface area contributed by atoms with E-state index in [1.807, 2.05) is 13.8 Å². The molecule has 1 unspecified atom stereocenters. The Morgan fingerprint density at radius 2 is 1.72 bits per heavy atom. The van der Waals surface area contributed by atoms with Crippen molar-refractivity contribution in [2.75, 3.05) is 20.2 Å². The van der Waals surface area contributed by atoms with Gasteiger partial charge >= 0.3 is 0 Å². The molecule has 2 aromatic rings. The normalized spacial score (nSPS) is 14.2. The van der Waals surface area contributed by atoms with Crippen LogP contribution >= 0.6 is 0 Å². The molecule has 7 heteroatoms. The van der Waals surface area contributed by atoms with Gasteiger partial charge < -0.3 is 15.2 Å². The van der Waals surface area contributed by atoms with Crippen molar-refractivity contribution in [1.82, 2.24) is 10.2 Å². The molecule has 1 aliphatic heterocycles. The maximum Gasteiger partial charge on any atom is 0.261 e. The van der Waals surface area contributed by atoms with Gasteiger partial charge in [0.1, 0.15) is 5.75 Å². The van der Waals surface area contributed by atoms with Crippen LogP contribution in [0.1, 0.15) is 56.6 Å². The van der Waals surface area contributed by atoms with Gasteiger partial charge in [0.25, 0.3) is 17.7 Å². The minimum Gasteiger partial charge on any atom is -0.497 e. The van der Waals surface area contributed by atoms with Crippen molar-refractivity contribution in [3.63, 3.8) is 0 Å². The lowest BCUT2D eigenvalue weighted by Gasteiger charge is -2.15. The SMILES string of the molecule is COc1ccc(C(O)CNC(=O)c2ccc3c(c2)C(=O)N(CC(C)C)C3=O)cc1. The van der Waals surface area contributed by atoms with Crippen molar-refractivity contribution in [2.24, 2.45) is 5.92 Å². The molecule has 7 nitrogen and oxygen atoms in total. The molecule has 1 aliphatic rings. The van der Waals surface area contributed by atoms with E-state index in [2.05, 4.69) is 5.32 Å². The third kappa shape index (κ3) is 4.30. The second kappa shape index (κ2) is 8.45. The quantitative estimate of drug-likeness (QED) is 0.701. The number of rotatable bonds is 7. The number of hydrogen-bond acceptors (Lipinski definition) is 5. The molecule has 1 heterocycles. The lowest BCUT2D eigenvalue weighted by atomic mass is 10.0. The highest BCUT2D eigenvalue weighted by Gasteiger charge is 2.36. The number of carbonyl (C=O) groups is 3. The van der Waals surface area contributed by atoms with Crippen LogP contribution < -0.4 is 10.1 Å². The molecule has 0 saturated heterocycles. The largest absolute Gasteiger partial charge is 0.497 e. The summed E-state index contributed by atoms with van der Waals surface area (Å²) in [5, 5.41) is 12.9. The number of benzene rings is 2. The van der Waals surface area contributed by atoms with Gasteiger partial charge in [-0.15, -0.1) is 0 Å². The summed E-state index contributed by atoms with van der Waals surface area (Å²) in [6.45, 7) is 4.20. The van der Waals surface area contributed by atoms with Crippen molar-refractivity contribution in [2.45, 2.75) is 20.0 Å². The Hall–Kier alpha value is -3.19. The number of aliphatic hydroxyl groups is 1. The van der Waals surface area contributed by atoms with Crippen LogP contribution in [-0.2, 0) is 0 Å². The fraction of sp³-hybridized carbons (Fsp3) is 0.318. The monoisotopic (exact) mass is 396 g/mol. The number of imide groups is 1. The molecule has 0 radical (unpaired) electrons. The third-order valence-corrected chi connectivity index (χ3v) is 4.74. The van der Waals surface area contributed by atoms with Crippen LogP contribution in [0.25, 0.3) is 0 Å². The summed E-state index contributed by atoms with van der Waals surface area (Å²) < 4.78 is 5.08. The zero-order valence-corrected chi connectivity index (χ0v) is 16.6. The minimum atomic E-state index is -0.885. The van der Waals surface area contributed by atoms with Gasteiger partial charge in [0.2, 0.25) is 0 Å². The van der Waals surface area contributed by atoms with Crippen LogP contribution in [0.5, 0.6) is 5.75 Å². The standard InChI is InChI=1S/C22H24N2O5/c1-13(2)12-24-21(27)17-9-6-15(10-18(17)22(24)28)20(26)23-11-19(25)14-4-7-16(29-3)8-5-14/h4-10,13,19,25H,11-12H2,1-3H3,(H,23,26). The topological polar surface area (TPSA) is 95.9 Å². The first kappa shape index (κ1) is 20.5. The molecule has 2 N–H and O–H groups in total. The summed E-state index contributed by atoms with van der Waals surface area (Å²) >= 11 is 0. The highest BCUT2D eigenvalue weighted by Crippen LogP contribution is 2.25. The van der Waals surface area contributed by atoms with E-state index < -0.39 is 12.0 Å². The first-order valence-corrected chi connectivity index (χ1v) is 9.42. The Morgan fingerprint density at radius 1 is 1.07 bits per heavy atom. The van der Waals surface area contributed by atoms with Crippen molar-refractivity contribution in [3.05, 3.63) is 64.7 Å². The van der Waals surface area contributed by atoms with Gasteiger partial charge in [0, 0.05) is 18.7 Å². The molecule has 29 heavy (non-hydrogen) atoms. The number of nitrogens with zero attached hydrogens (tertiary/aromatic N) is 1. The van der Waals surface area contributed by atoms with E-state index in [-0.39, 0.29) is 35.4 Å². The average Bonchev–Trinajstić information content (AvgIpc) is 2.95. The summed E-state index contributed by atoms with van der Waals surface area (Å²) in [7, 11) is 1.56. The fourth-order valence-electron chi connectivity index (χ4n) is 3.20. The van der Waals surface area contributed by atoms with E-state index >= 15 is 0 Å². The summed E-state index contributed by atoms with van der Waals surface area (Å²) in [6, 6.07) is 11.4. The first-order valence-electron chi connectivity index (χ1n) is 9.42. The van der Waals surface area contributed by atoms with E-state index in [9.17, 15) is 19.5 Å². The summed E-state index contributed by atoms with van der Waals surface area (Å²) in [4.78, 5) is 38.6. The maximum atomic E-state index is 12.5. The number of ether oxygens (including phenoxy) is 1. The number of nitrogens with one attached hydrogen (secondary N) is 1. The van der Waals surface area contributed by atoms with Gasteiger partial charge in [-0.25, -0.2) is 0 Å². The molecule has 3 amide bonds. The molecule has 0 aromatic heterocycles. The molecule has 152 valence electrons. The minimum absolute atomic E-state index is 0.00853. The smallest absolute Gasteiger partial charge is 0.261 e. The number of amides is 3. The number of fused-ring (bicyclic) bond motifs is 1. The molecule has 1 atom stereocenters. The van der Waals surface area contributed by atoms with E-state index in [1.54, 1.807) is 31.4 Å². The van der Waals surface area contributed by atoms with Crippen LogP contribution in [0.3, 0.4) is 0 Å². The highest BCUT2D eigenvalue weighted by atomic mass is 16.5. The van der Waals surface area contributed by atoms with Crippen molar-refractivity contribution >= 4 is 17.7 Å². The first-order chi connectivity index (χ1) is 13.8. The fourth-order valence-corrected chi connectivity index (χ4v) is 3.20. The number of aliphatic hydroxyl groups excluding tert-OH is 1. The summed E-state index contributed by atoms with van der Waals surface area (Å²) in [5.41, 5.74) is 1.45. The van der Waals surface area contributed by atoms with Gasteiger partial charge in [-0.05, 0) is 41.8 Å². The van der Waals surface area contributed by atoms with Gasteiger partial charge in [-0.1, -0.05) is 26.0 Å². The molecule has 0 spiro atoms. The van der Waals surface area contributed by atoms with Gasteiger partial charge in [0.05, 0.1) is 24.3 Å². The van der Waals surface area contributed by atoms with Crippen molar-refractivity contribution in [3.8, 4) is 5.75 Å². The molecule has 0 bridgehead atoms. The van der Waals surface area contributed by atoms with Crippen LogP contribution in [-0.4, -0.2) is 47.9 Å². The Balaban J connectivity index is 1.67. The summed E-state index contributed by atoms with van der Waals surface area (Å²) in [6.07, 6.45) is -0.885. The molecular weight excluding hydrogens is 372 g/mol. The summed E-state index contributed by atoms with van der Waals surface area (Å²) in [5.74, 6) is -0.316. The lowest BCUT2D eigenvalue weighted by molar-refractivity contribution is 0.0636. The zero-order chi connectivity index (χ0) is 21.1. The van der Waals surface area contributed by atoms with E-state index in [0.717, 1.165) is 0 Å². The van der Waals surface area contributed by atoms with Crippen molar-refractivity contribution in [1.29, 1.82) is 0 Å².